The molecule has 20 heavy (non-hydrogen) atoms. The predicted molar refractivity (Wildman–Crippen MR) is 78.2 cm³/mol. The molecule has 1 aliphatic rings. The maximum absolute atomic E-state index is 13.2. The number of hydrogen-bond acceptors (Lipinski definition) is 2. The van der Waals surface area contributed by atoms with E-state index in [4.69, 9.17) is 0 Å². The van der Waals surface area contributed by atoms with Crippen LogP contribution in [-0.4, -0.2) is 9.78 Å². The second-order valence-electron chi connectivity index (χ2n) is 5.54. The van der Waals surface area contributed by atoms with Crippen molar-refractivity contribution >= 4 is 5.69 Å². The van der Waals surface area contributed by atoms with E-state index in [0.717, 1.165) is 16.9 Å². The van der Waals surface area contributed by atoms with E-state index in [0.29, 0.717) is 12.6 Å². The van der Waals surface area contributed by atoms with Gasteiger partial charge in [-0.3, -0.25) is 4.68 Å². The van der Waals surface area contributed by atoms with Crippen molar-refractivity contribution in [1.82, 2.24) is 9.78 Å². The summed E-state index contributed by atoms with van der Waals surface area (Å²) in [4.78, 5) is 0. The van der Waals surface area contributed by atoms with Crippen LogP contribution in [0.5, 0.6) is 0 Å². The molecule has 3 nitrogen and oxygen atoms in total. The van der Waals surface area contributed by atoms with Gasteiger partial charge in [-0.05, 0) is 43.5 Å². The van der Waals surface area contributed by atoms with Gasteiger partial charge in [-0.15, -0.1) is 0 Å². The van der Waals surface area contributed by atoms with Crippen LogP contribution in [0.1, 0.15) is 43.0 Å². The van der Waals surface area contributed by atoms with Crippen molar-refractivity contribution in [3.8, 4) is 0 Å². The molecule has 4 heteroatoms. The third-order valence-corrected chi connectivity index (χ3v) is 4.02. The number of rotatable bonds is 4. The number of nitrogens with one attached hydrogen (secondary N) is 1. The molecule has 0 radical (unpaired) electrons. The molecular weight excluding hydrogens is 253 g/mol. The zero-order valence-corrected chi connectivity index (χ0v) is 11.8. The Labute approximate surface area is 118 Å². The van der Waals surface area contributed by atoms with Gasteiger partial charge in [0.25, 0.3) is 0 Å². The molecule has 0 atom stereocenters. The Morgan fingerprint density at radius 1 is 1.30 bits per heavy atom. The van der Waals surface area contributed by atoms with Crippen molar-refractivity contribution in [1.29, 1.82) is 0 Å². The lowest BCUT2D eigenvalue weighted by Gasteiger charge is -2.10. The highest BCUT2D eigenvalue weighted by molar-refractivity contribution is 5.50. The first-order valence-electron chi connectivity index (χ1n) is 7.26. The molecule has 0 spiro atoms. The summed E-state index contributed by atoms with van der Waals surface area (Å²) in [5.74, 6) is -0.213. The second-order valence-corrected chi connectivity index (χ2v) is 5.54. The number of nitrogens with zero attached hydrogens (tertiary/aromatic N) is 2. The van der Waals surface area contributed by atoms with E-state index in [1.54, 1.807) is 6.07 Å². The summed E-state index contributed by atoms with van der Waals surface area (Å²) in [6.45, 7) is 2.60. The van der Waals surface area contributed by atoms with Crippen molar-refractivity contribution in [3.05, 3.63) is 47.5 Å². The van der Waals surface area contributed by atoms with E-state index < -0.39 is 0 Å². The van der Waals surface area contributed by atoms with Gasteiger partial charge in [-0.1, -0.05) is 18.9 Å². The first-order chi connectivity index (χ1) is 9.72. The number of aryl methyl sites for hydroxylation is 1. The number of benzene rings is 1. The third-order valence-electron chi connectivity index (χ3n) is 4.02. The minimum absolute atomic E-state index is 0.213. The molecule has 1 aliphatic carbocycles. The van der Waals surface area contributed by atoms with E-state index in [1.807, 2.05) is 13.0 Å². The second kappa shape index (κ2) is 5.65. The standard InChI is InChI=1S/C16H20FN3/c1-12-6-7-13(17)10-16(12)18-11-14-8-9-20(19-14)15-4-2-3-5-15/h6-10,15,18H,2-5,11H2,1H3. The summed E-state index contributed by atoms with van der Waals surface area (Å²) in [6, 6.07) is 7.41. The summed E-state index contributed by atoms with van der Waals surface area (Å²) >= 11 is 0. The molecule has 2 aromatic rings. The Morgan fingerprint density at radius 3 is 2.90 bits per heavy atom. The molecule has 1 saturated carbocycles. The highest BCUT2D eigenvalue weighted by Gasteiger charge is 2.17. The Bertz CT molecular complexity index is 585. The van der Waals surface area contributed by atoms with Crippen LogP contribution in [0.25, 0.3) is 0 Å². The maximum atomic E-state index is 13.2. The summed E-state index contributed by atoms with van der Waals surface area (Å²) in [7, 11) is 0. The highest BCUT2D eigenvalue weighted by Crippen LogP contribution is 2.28. The molecular formula is C16H20FN3. The van der Waals surface area contributed by atoms with Crippen molar-refractivity contribution in [2.75, 3.05) is 5.32 Å². The van der Waals surface area contributed by atoms with Crippen LogP contribution in [-0.2, 0) is 6.54 Å². The van der Waals surface area contributed by atoms with Crippen molar-refractivity contribution in [3.63, 3.8) is 0 Å². The molecule has 3 rings (SSSR count). The highest BCUT2D eigenvalue weighted by atomic mass is 19.1. The van der Waals surface area contributed by atoms with Crippen LogP contribution >= 0.6 is 0 Å². The first-order valence-corrected chi connectivity index (χ1v) is 7.26. The predicted octanol–water partition coefficient (Wildman–Crippen LogP) is 4.06. The molecule has 0 unspecified atom stereocenters. The molecule has 1 aromatic carbocycles. The molecule has 0 saturated heterocycles. The fourth-order valence-corrected chi connectivity index (χ4v) is 2.81. The van der Waals surface area contributed by atoms with Gasteiger partial charge in [0.2, 0.25) is 0 Å². The van der Waals surface area contributed by atoms with E-state index in [1.165, 1.54) is 37.8 Å². The Kier molecular flexibility index (Phi) is 3.72. The largest absolute Gasteiger partial charge is 0.379 e. The summed E-state index contributed by atoms with van der Waals surface area (Å²) < 4.78 is 15.3. The van der Waals surface area contributed by atoms with Gasteiger partial charge in [0.05, 0.1) is 18.3 Å². The lowest BCUT2D eigenvalue weighted by Crippen LogP contribution is -2.07. The average molecular weight is 273 g/mol. The van der Waals surface area contributed by atoms with Gasteiger partial charge < -0.3 is 5.32 Å². The van der Waals surface area contributed by atoms with Crippen LogP contribution < -0.4 is 5.32 Å². The number of anilines is 1. The zero-order chi connectivity index (χ0) is 13.9. The topological polar surface area (TPSA) is 29.9 Å². The van der Waals surface area contributed by atoms with Gasteiger partial charge in [0, 0.05) is 11.9 Å². The SMILES string of the molecule is Cc1ccc(F)cc1NCc1ccn(C2CCCC2)n1. The fraction of sp³-hybridized carbons (Fsp3) is 0.438. The lowest BCUT2D eigenvalue weighted by atomic mass is 10.2. The Balaban J connectivity index is 1.64. The van der Waals surface area contributed by atoms with E-state index in [2.05, 4.69) is 21.3 Å². The molecule has 1 aromatic heterocycles. The summed E-state index contributed by atoms with van der Waals surface area (Å²) in [5, 5.41) is 7.88. The molecule has 1 fully saturated rings. The summed E-state index contributed by atoms with van der Waals surface area (Å²) in [5.41, 5.74) is 2.88. The van der Waals surface area contributed by atoms with Crippen LogP contribution in [0.3, 0.4) is 0 Å². The number of aromatic nitrogens is 2. The van der Waals surface area contributed by atoms with Crippen LogP contribution in [0.2, 0.25) is 0 Å². The minimum Gasteiger partial charge on any atom is -0.379 e. The zero-order valence-electron chi connectivity index (χ0n) is 11.8. The lowest BCUT2D eigenvalue weighted by molar-refractivity contribution is 0.463. The molecule has 0 bridgehead atoms. The smallest absolute Gasteiger partial charge is 0.125 e. The van der Waals surface area contributed by atoms with E-state index in [-0.39, 0.29) is 5.82 Å². The molecule has 106 valence electrons. The molecule has 0 amide bonds. The minimum atomic E-state index is -0.213. The van der Waals surface area contributed by atoms with Crippen molar-refractivity contribution in [2.24, 2.45) is 0 Å². The van der Waals surface area contributed by atoms with Crippen LogP contribution in [0.15, 0.2) is 30.5 Å². The van der Waals surface area contributed by atoms with Gasteiger partial charge in [-0.2, -0.15) is 5.10 Å². The van der Waals surface area contributed by atoms with E-state index >= 15 is 0 Å². The van der Waals surface area contributed by atoms with Crippen molar-refractivity contribution < 1.29 is 4.39 Å². The molecule has 1 heterocycles. The third kappa shape index (κ3) is 2.84. The first kappa shape index (κ1) is 13.2. The Hall–Kier alpha value is -1.84. The summed E-state index contributed by atoms with van der Waals surface area (Å²) in [6.07, 6.45) is 7.14. The number of halogens is 1. The van der Waals surface area contributed by atoms with Gasteiger partial charge in [-0.25, -0.2) is 4.39 Å². The number of hydrogen-bond donors (Lipinski definition) is 1. The molecule has 0 aliphatic heterocycles. The van der Waals surface area contributed by atoms with Crippen molar-refractivity contribution in [2.45, 2.75) is 45.2 Å². The Morgan fingerprint density at radius 2 is 2.10 bits per heavy atom. The quantitative estimate of drug-likeness (QED) is 0.910. The fourth-order valence-electron chi connectivity index (χ4n) is 2.81. The average Bonchev–Trinajstić information content (AvgIpc) is 3.09. The van der Waals surface area contributed by atoms with Gasteiger partial charge in [0.1, 0.15) is 5.82 Å². The van der Waals surface area contributed by atoms with Crippen LogP contribution in [0.4, 0.5) is 10.1 Å². The van der Waals surface area contributed by atoms with Gasteiger partial charge >= 0.3 is 0 Å². The molecule has 1 N–H and O–H groups in total. The van der Waals surface area contributed by atoms with E-state index in [9.17, 15) is 4.39 Å². The van der Waals surface area contributed by atoms with Gasteiger partial charge in [0.15, 0.2) is 0 Å². The van der Waals surface area contributed by atoms with Crippen LogP contribution in [0, 0.1) is 12.7 Å². The maximum Gasteiger partial charge on any atom is 0.125 e. The normalized spacial score (nSPS) is 15.7. The monoisotopic (exact) mass is 273 g/mol.